The number of halogens is 2. The average molecular weight is 385 g/mol. The van der Waals surface area contributed by atoms with Gasteiger partial charge in [-0.1, -0.05) is 63.7 Å². The molecule has 0 aromatic rings. The fourth-order valence-electron chi connectivity index (χ4n) is 1.26. The number of rotatable bonds is 4. The van der Waals surface area contributed by atoms with Crippen LogP contribution in [0.4, 0.5) is 0 Å². The predicted octanol–water partition coefficient (Wildman–Crippen LogP) is 3.78. The lowest BCUT2D eigenvalue weighted by molar-refractivity contribution is 0.314. The lowest BCUT2D eigenvalue weighted by Gasteiger charge is -2.31. The van der Waals surface area contributed by atoms with Gasteiger partial charge < -0.3 is 8.85 Å². The summed E-state index contributed by atoms with van der Waals surface area (Å²) in [7, 11) is 3.65. The van der Waals surface area contributed by atoms with Gasteiger partial charge in [0.25, 0.3) is 0 Å². The van der Waals surface area contributed by atoms with Gasteiger partial charge in [0.2, 0.25) is 11.8 Å². The molecule has 0 radical (unpaired) electrons. The molecule has 136 valence electrons. The first-order valence-electron chi connectivity index (χ1n) is 7.33. The summed E-state index contributed by atoms with van der Waals surface area (Å²) < 4.78 is 11.6. The van der Waals surface area contributed by atoms with E-state index in [1.165, 1.54) is 0 Å². The van der Waals surface area contributed by atoms with E-state index >= 15 is 0 Å². The molecule has 0 amide bonds. The van der Waals surface area contributed by atoms with Crippen molar-refractivity contribution in [2.24, 2.45) is 21.0 Å². The molecule has 0 unspecified atom stereocenters. The van der Waals surface area contributed by atoms with Crippen molar-refractivity contribution >= 4 is 41.1 Å². The zero-order valence-electron chi connectivity index (χ0n) is 15.9. The Bertz CT molecular complexity index is 413. The zero-order valence-corrected chi connectivity index (χ0v) is 18.4. The second kappa shape index (κ2) is 7.94. The largest absolute Gasteiger partial charge is 0.683 e. The van der Waals surface area contributed by atoms with Gasteiger partial charge in [0.05, 0.1) is 0 Å². The van der Waals surface area contributed by atoms with Crippen LogP contribution in [-0.2, 0) is 8.85 Å². The van der Waals surface area contributed by atoms with Gasteiger partial charge in [-0.05, 0) is 0 Å². The third-order valence-electron chi connectivity index (χ3n) is 2.30. The molecule has 0 fully saturated rings. The first-order valence-corrected chi connectivity index (χ1v) is 11.2. The van der Waals surface area contributed by atoms with Crippen molar-refractivity contribution in [3.63, 3.8) is 0 Å². The number of nitrogens with zero attached hydrogens (tertiary/aromatic N) is 4. The van der Waals surface area contributed by atoms with E-state index in [-0.39, 0.29) is 10.8 Å². The maximum atomic E-state index is 6.37. The Balaban J connectivity index is 5.46. The number of hydrogen-bond donors (Lipinski definition) is 0. The molecule has 0 bridgehead atoms. The lowest BCUT2D eigenvalue weighted by Crippen LogP contribution is -2.42. The second-order valence-electron chi connectivity index (χ2n) is 7.67. The molecular formula is C14H30Cl2N4O2Si. The normalized spacial score (nSPS) is 14.6. The van der Waals surface area contributed by atoms with E-state index in [1.807, 2.05) is 41.5 Å². The molecule has 0 atom stereocenters. The summed E-state index contributed by atoms with van der Waals surface area (Å²) in [5.41, 5.74) is -0.730. The first kappa shape index (κ1) is 22.3. The van der Waals surface area contributed by atoms with Crippen molar-refractivity contribution < 1.29 is 8.85 Å². The molecule has 0 N–H and O–H groups in total. The predicted molar refractivity (Wildman–Crippen MR) is 101 cm³/mol. The Hall–Kier alpha value is -0.663. The minimum absolute atomic E-state index is 0.365. The van der Waals surface area contributed by atoms with E-state index in [1.54, 1.807) is 38.2 Å². The van der Waals surface area contributed by atoms with Gasteiger partial charge in [0.1, 0.15) is 0 Å². The molecule has 0 aliphatic heterocycles. The third kappa shape index (κ3) is 9.27. The van der Waals surface area contributed by atoms with Crippen LogP contribution in [-0.4, -0.2) is 57.2 Å². The fourth-order valence-corrected chi connectivity index (χ4v) is 3.32. The van der Waals surface area contributed by atoms with Crippen molar-refractivity contribution in [1.82, 2.24) is 10.0 Å². The molecule has 0 aromatic carbocycles. The second-order valence-corrected chi connectivity index (χ2v) is 12.6. The highest BCUT2D eigenvalue weighted by Crippen LogP contribution is 2.29. The van der Waals surface area contributed by atoms with E-state index in [0.717, 1.165) is 0 Å². The maximum Gasteiger partial charge on any atom is 0.683 e. The fraction of sp³-hybridized carbons (Fsp3) is 0.857. The summed E-state index contributed by atoms with van der Waals surface area (Å²) >= 11 is 12.7. The lowest BCUT2D eigenvalue weighted by atomic mass is 9.97. The van der Waals surface area contributed by atoms with Gasteiger partial charge in [0.15, 0.2) is 0 Å². The van der Waals surface area contributed by atoms with Crippen molar-refractivity contribution in [3.05, 3.63) is 0 Å². The van der Waals surface area contributed by atoms with E-state index in [9.17, 15) is 0 Å². The summed E-state index contributed by atoms with van der Waals surface area (Å²) in [5, 5.41) is 11.9. The minimum Gasteiger partial charge on any atom is -0.477 e. The summed E-state index contributed by atoms with van der Waals surface area (Å²) in [6.07, 6.45) is 0. The van der Waals surface area contributed by atoms with Crippen LogP contribution in [0.5, 0.6) is 0 Å². The van der Waals surface area contributed by atoms with E-state index in [0.29, 0.717) is 11.8 Å². The van der Waals surface area contributed by atoms with Crippen LogP contribution in [0.15, 0.2) is 10.2 Å². The number of hydrogen-bond acceptors (Lipinski definition) is 6. The Morgan fingerprint density at radius 3 is 1.17 bits per heavy atom. The van der Waals surface area contributed by atoms with Crippen molar-refractivity contribution in [2.75, 3.05) is 28.2 Å². The molecule has 0 rings (SSSR count). The average Bonchev–Trinajstić information content (AvgIpc) is 2.22. The molecule has 0 aliphatic carbocycles. The molecule has 0 saturated heterocycles. The van der Waals surface area contributed by atoms with E-state index in [4.69, 9.17) is 31.0 Å². The smallest absolute Gasteiger partial charge is 0.477 e. The van der Waals surface area contributed by atoms with Crippen LogP contribution in [0.2, 0.25) is 0 Å². The van der Waals surface area contributed by atoms with Gasteiger partial charge in [-0.15, -0.1) is 10.2 Å². The van der Waals surface area contributed by atoms with Gasteiger partial charge in [0, 0.05) is 39.0 Å². The summed E-state index contributed by atoms with van der Waals surface area (Å²) in [6, 6.07) is 0. The highest BCUT2D eigenvalue weighted by Gasteiger charge is 2.46. The highest BCUT2D eigenvalue weighted by atomic mass is 35.7. The van der Waals surface area contributed by atoms with Crippen LogP contribution >= 0.6 is 22.2 Å². The topological polar surface area (TPSA) is 49.7 Å². The highest BCUT2D eigenvalue weighted by molar-refractivity contribution is 7.40. The maximum absolute atomic E-state index is 6.37. The molecule has 6 nitrogen and oxygen atoms in total. The van der Waals surface area contributed by atoms with Crippen LogP contribution in [0.3, 0.4) is 0 Å². The molecule has 0 heterocycles. The summed E-state index contributed by atoms with van der Waals surface area (Å²) in [4.78, 5) is 0. The number of hydrazone groups is 2. The Labute approximate surface area is 151 Å². The van der Waals surface area contributed by atoms with Gasteiger partial charge in [-0.2, -0.15) is 0 Å². The van der Waals surface area contributed by atoms with Gasteiger partial charge in [-0.25, -0.2) is 0 Å². The minimum atomic E-state index is -3.55. The Morgan fingerprint density at radius 2 is 1.00 bits per heavy atom. The molecule has 0 aromatic heterocycles. The monoisotopic (exact) mass is 384 g/mol. The third-order valence-corrected chi connectivity index (χ3v) is 4.08. The molecule has 0 spiro atoms. The summed E-state index contributed by atoms with van der Waals surface area (Å²) in [6.45, 7) is 11.8. The molecule has 23 heavy (non-hydrogen) atoms. The molecule has 9 heteroatoms. The standard InChI is InChI=1S/C14H30Cl2N4O2Si/c1-13(2,3)11(17-19(7)8)21-23(15,16)22-12(14(4,5)6)18-20(9)10/h1-10H3/b17-11+,18-12+. The molecular weight excluding hydrogens is 355 g/mol. The van der Waals surface area contributed by atoms with Crippen LogP contribution in [0, 0.1) is 10.8 Å². The Morgan fingerprint density at radius 1 is 0.739 bits per heavy atom. The molecule has 0 aliphatic rings. The van der Waals surface area contributed by atoms with E-state index < -0.39 is 7.18 Å². The van der Waals surface area contributed by atoms with Gasteiger partial charge in [-0.3, -0.25) is 10.0 Å². The van der Waals surface area contributed by atoms with Crippen LogP contribution in [0.1, 0.15) is 41.5 Å². The zero-order chi connectivity index (χ0) is 18.6. The molecule has 0 saturated carbocycles. The van der Waals surface area contributed by atoms with E-state index in [2.05, 4.69) is 10.2 Å². The summed E-state index contributed by atoms with van der Waals surface area (Å²) in [5.74, 6) is 0.828. The van der Waals surface area contributed by atoms with Crippen molar-refractivity contribution in [3.8, 4) is 0 Å². The van der Waals surface area contributed by atoms with Crippen molar-refractivity contribution in [1.29, 1.82) is 0 Å². The van der Waals surface area contributed by atoms with Crippen LogP contribution in [0.25, 0.3) is 0 Å². The quantitative estimate of drug-likeness (QED) is 0.243. The first-order chi connectivity index (χ1) is 10.0. The SMILES string of the molecule is CN(C)/N=C(/O[Si](Cl)(Cl)O/C(=N/N(C)C)C(C)(C)C)C(C)(C)C. The Kier molecular flexibility index (Phi) is 7.71. The van der Waals surface area contributed by atoms with Crippen molar-refractivity contribution in [2.45, 2.75) is 41.5 Å². The van der Waals surface area contributed by atoms with Crippen LogP contribution < -0.4 is 0 Å². The van der Waals surface area contributed by atoms with Gasteiger partial charge >= 0.3 is 7.18 Å².